The molecular formula is C11H18N4O. The van der Waals surface area contributed by atoms with E-state index in [0.29, 0.717) is 6.04 Å². The van der Waals surface area contributed by atoms with Gasteiger partial charge in [0.2, 0.25) is 0 Å². The van der Waals surface area contributed by atoms with Crippen LogP contribution in [0.1, 0.15) is 32.1 Å². The van der Waals surface area contributed by atoms with E-state index in [-0.39, 0.29) is 6.03 Å². The number of aryl methyl sites for hydroxylation is 1. The van der Waals surface area contributed by atoms with Crippen molar-refractivity contribution in [3.05, 3.63) is 12.4 Å². The summed E-state index contributed by atoms with van der Waals surface area (Å²) >= 11 is 0. The van der Waals surface area contributed by atoms with Gasteiger partial charge in [0.15, 0.2) is 0 Å². The van der Waals surface area contributed by atoms with Gasteiger partial charge in [-0.1, -0.05) is 19.3 Å². The zero-order valence-electron chi connectivity index (χ0n) is 9.57. The third-order valence-electron chi connectivity index (χ3n) is 2.90. The first-order valence-electron chi connectivity index (χ1n) is 5.80. The maximum absolute atomic E-state index is 11.6. The zero-order valence-corrected chi connectivity index (χ0v) is 9.57. The van der Waals surface area contributed by atoms with Crippen LogP contribution in [0, 0.1) is 0 Å². The smallest absolute Gasteiger partial charge is 0.319 e. The molecule has 5 nitrogen and oxygen atoms in total. The van der Waals surface area contributed by atoms with Crippen LogP contribution in [0.4, 0.5) is 10.5 Å². The molecule has 1 saturated carbocycles. The second-order valence-corrected chi connectivity index (χ2v) is 4.34. The fourth-order valence-corrected chi connectivity index (χ4v) is 2.09. The summed E-state index contributed by atoms with van der Waals surface area (Å²) in [5, 5.41) is 9.76. The normalized spacial score (nSPS) is 17.1. The SMILES string of the molecule is Cn1cc(NC(=O)NC2CCCCC2)cn1. The topological polar surface area (TPSA) is 59.0 Å². The fourth-order valence-electron chi connectivity index (χ4n) is 2.09. The molecule has 0 unspecified atom stereocenters. The molecule has 0 bridgehead atoms. The molecule has 2 rings (SSSR count). The Labute approximate surface area is 95.2 Å². The van der Waals surface area contributed by atoms with Crippen LogP contribution < -0.4 is 10.6 Å². The maximum Gasteiger partial charge on any atom is 0.319 e. The Balaban J connectivity index is 1.79. The lowest BCUT2D eigenvalue weighted by Crippen LogP contribution is -2.38. The molecule has 0 radical (unpaired) electrons. The molecule has 1 aromatic rings. The molecule has 16 heavy (non-hydrogen) atoms. The van der Waals surface area contributed by atoms with Crippen LogP contribution in [0.25, 0.3) is 0 Å². The lowest BCUT2D eigenvalue weighted by Gasteiger charge is -2.22. The van der Waals surface area contributed by atoms with E-state index >= 15 is 0 Å². The van der Waals surface area contributed by atoms with Crippen LogP contribution in [0.3, 0.4) is 0 Å². The van der Waals surface area contributed by atoms with Gasteiger partial charge in [0.05, 0.1) is 11.9 Å². The van der Waals surface area contributed by atoms with Gasteiger partial charge in [-0.25, -0.2) is 4.79 Å². The number of aromatic nitrogens is 2. The van der Waals surface area contributed by atoms with E-state index in [9.17, 15) is 4.79 Å². The summed E-state index contributed by atoms with van der Waals surface area (Å²) < 4.78 is 1.66. The Morgan fingerprint density at radius 1 is 1.44 bits per heavy atom. The minimum absolute atomic E-state index is 0.125. The van der Waals surface area contributed by atoms with Crippen LogP contribution in [-0.4, -0.2) is 21.9 Å². The van der Waals surface area contributed by atoms with Crippen molar-refractivity contribution in [1.82, 2.24) is 15.1 Å². The average Bonchev–Trinajstić information content (AvgIpc) is 2.65. The number of hydrogen-bond donors (Lipinski definition) is 2. The molecule has 1 heterocycles. The summed E-state index contributed by atoms with van der Waals surface area (Å²) in [7, 11) is 1.82. The second kappa shape index (κ2) is 5.01. The van der Waals surface area contributed by atoms with Crippen molar-refractivity contribution in [3.8, 4) is 0 Å². The van der Waals surface area contributed by atoms with E-state index in [4.69, 9.17) is 0 Å². The molecule has 1 aliphatic carbocycles. The summed E-state index contributed by atoms with van der Waals surface area (Å²) in [5.41, 5.74) is 0.732. The summed E-state index contributed by atoms with van der Waals surface area (Å²) in [6.45, 7) is 0. The Morgan fingerprint density at radius 3 is 2.81 bits per heavy atom. The Hall–Kier alpha value is -1.52. The number of anilines is 1. The second-order valence-electron chi connectivity index (χ2n) is 4.34. The van der Waals surface area contributed by atoms with Crippen LogP contribution in [0.15, 0.2) is 12.4 Å². The third-order valence-corrected chi connectivity index (χ3v) is 2.90. The third kappa shape index (κ3) is 2.98. The number of nitrogens with one attached hydrogen (secondary N) is 2. The summed E-state index contributed by atoms with van der Waals surface area (Å²) in [5.74, 6) is 0. The molecule has 0 aromatic carbocycles. The van der Waals surface area contributed by atoms with E-state index in [1.54, 1.807) is 17.1 Å². The predicted octanol–water partition coefficient (Wildman–Crippen LogP) is 1.87. The number of hydrogen-bond acceptors (Lipinski definition) is 2. The lowest BCUT2D eigenvalue weighted by atomic mass is 9.96. The van der Waals surface area contributed by atoms with Crippen molar-refractivity contribution in [2.24, 2.45) is 7.05 Å². The minimum Gasteiger partial charge on any atom is -0.335 e. The van der Waals surface area contributed by atoms with Crippen LogP contribution in [-0.2, 0) is 7.05 Å². The first-order valence-corrected chi connectivity index (χ1v) is 5.80. The van der Waals surface area contributed by atoms with Gasteiger partial charge in [0, 0.05) is 19.3 Å². The molecule has 5 heteroatoms. The van der Waals surface area contributed by atoms with Crippen molar-refractivity contribution in [2.45, 2.75) is 38.1 Å². The maximum atomic E-state index is 11.6. The molecule has 1 aliphatic rings. The van der Waals surface area contributed by atoms with Crippen LogP contribution >= 0.6 is 0 Å². The summed E-state index contributed by atoms with van der Waals surface area (Å²) in [4.78, 5) is 11.6. The van der Waals surface area contributed by atoms with Crippen molar-refractivity contribution >= 4 is 11.7 Å². The quantitative estimate of drug-likeness (QED) is 0.802. The molecule has 0 aliphatic heterocycles. The zero-order chi connectivity index (χ0) is 11.4. The number of nitrogens with zero attached hydrogens (tertiary/aromatic N) is 2. The van der Waals surface area contributed by atoms with Gasteiger partial charge in [0.1, 0.15) is 0 Å². The molecule has 0 saturated heterocycles. The molecule has 2 amide bonds. The van der Waals surface area contributed by atoms with Gasteiger partial charge < -0.3 is 10.6 Å². The highest BCUT2D eigenvalue weighted by Crippen LogP contribution is 2.17. The van der Waals surface area contributed by atoms with E-state index in [0.717, 1.165) is 18.5 Å². The van der Waals surface area contributed by atoms with Gasteiger partial charge in [0.25, 0.3) is 0 Å². The molecule has 1 aromatic heterocycles. The number of urea groups is 1. The molecular weight excluding hydrogens is 204 g/mol. The Kier molecular flexibility index (Phi) is 3.44. The van der Waals surface area contributed by atoms with E-state index in [1.807, 2.05) is 7.05 Å². The number of amides is 2. The lowest BCUT2D eigenvalue weighted by molar-refractivity contribution is 0.244. The number of rotatable bonds is 2. The molecule has 2 N–H and O–H groups in total. The molecule has 0 spiro atoms. The Bertz CT molecular complexity index is 355. The number of carbonyl (C=O) groups excluding carboxylic acids is 1. The highest BCUT2D eigenvalue weighted by Gasteiger charge is 2.15. The van der Waals surface area contributed by atoms with Crippen molar-refractivity contribution in [3.63, 3.8) is 0 Å². The van der Waals surface area contributed by atoms with E-state index in [1.165, 1.54) is 19.3 Å². The standard InChI is InChI=1S/C11H18N4O/c1-15-8-10(7-12-15)14-11(16)13-9-5-3-2-4-6-9/h7-9H,2-6H2,1H3,(H2,13,14,16). The summed E-state index contributed by atoms with van der Waals surface area (Å²) in [6.07, 6.45) is 9.35. The largest absolute Gasteiger partial charge is 0.335 e. The van der Waals surface area contributed by atoms with E-state index in [2.05, 4.69) is 15.7 Å². The van der Waals surface area contributed by atoms with Crippen molar-refractivity contribution < 1.29 is 4.79 Å². The fraction of sp³-hybridized carbons (Fsp3) is 0.636. The first kappa shape index (κ1) is 11.0. The first-order chi connectivity index (χ1) is 7.74. The number of carbonyl (C=O) groups is 1. The van der Waals surface area contributed by atoms with Gasteiger partial charge in [-0.15, -0.1) is 0 Å². The van der Waals surface area contributed by atoms with Gasteiger partial charge in [-0.3, -0.25) is 4.68 Å². The summed E-state index contributed by atoms with van der Waals surface area (Å²) in [6, 6.07) is 0.213. The Morgan fingerprint density at radius 2 is 2.19 bits per heavy atom. The van der Waals surface area contributed by atoms with Gasteiger partial charge in [-0.2, -0.15) is 5.10 Å². The molecule has 0 atom stereocenters. The monoisotopic (exact) mass is 222 g/mol. The predicted molar refractivity (Wildman–Crippen MR) is 62.2 cm³/mol. The van der Waals surface area contributed by atoms with Crippen molar-refractivity contribution in [2.75, 3.05) is 5.32 Å². The average molecular weight is 222 g/mol. The van der Waals surface area contributed by atoms with Gasteiger partial charge in [-0.05, 0) is 12.8 Å². The molecule has 1 fully saturated rings. The molecule has 88 valence electrons. The van der Waals surface area contributed by atoms with Gasteiger partial charge >= 0.3 is 6.03 Å². The van der Waals surface area contributed by atoms with Crippen LogP contribution in [0.2, 0.25) is 0 Å². The minimum atomic E-state index is -0.125. The highest BCUT2D eigenvalue weighted by molar-refractivity contribution is 5.89. The van der Waals surface area contributed by atoms with Crippen molar-refractivity contribution in [1.29, 1.82) is 0 Å². The van der Waals surface area contributed by atoms with Crippen LogP contribution in [0.5, 0.6) is 0 Å². The highest BCUT2D eigenvalue weighted by atomic mass is 16.2. The van der Waals surface area contributed by atoms with E-state index < -0.39 is 0 Å².